The van der Waals surface area contributed by atoms with Crippen LogP contribution in [0.15, 0.2) is 0 Å². The zero-order valence-electron chi connectivity index (χ0n) is 24.0. The van der Waals surface area contributed by atoms with E-state index in [0.717, 1.165) is 0 Å². The maximum Gasteiger partial charge on any atom is 0.438 e. The highest BCUT2D eigenvalue weighted by molar-refractivity contribution is 7.85. The molecule has 8 unspecified atom stereocenters. The molecule has 4 rings (SSSR count). The number of hydrogen-bond donors (Lipinski definition) is 1. The molecule has 0 aromatic heterocycles. The van der Waals surface area contributed by atoms with E-state index in [1.165, 1.54) is 0 Å². The van der Waals surface area contributed by atoms with E-state index in [1.54, 1.807) is 13.8 Å². The largest absolute Gasteiger partial charge is 0.438 e. The zero-order chi connectivity index (χ0) is 32.6. The third kappa shape index (κ3) is 5.65. The normalized spacial score (nSPS) is 36.0. The van der Waals surface area contributed by atoms with Crippen molar-refractivity contribution in [1.29, 1.82) is 0 Å². The van der Waals surface area contributed by atoms with Gasteiger partial charge in [0.25, 0.3) is 10.1 Å². The Morgan fingerprint density at radius 2 is 1.60 bits per heavy atom. The molecule has 0 amide bonds. The maximum absolute atomic E-state index is 13.8. The van der Waals surface area contributed by atoms with Gasteiger partial charge in [0.2, 0.25) is 0 Å². The molecule has 8 atom stereocenters. The van der Waals surface area contributed by atoms with Crippen molar-refractivity contribution in [2.45, 2.75) is 96.5 Å². The Labute approximate surface area is 245 Å². The first-order valence-electron chi connectivity index (χ1n) is 14.4. The molecule has 0 saturated heterocycles. The average Bonchev–Trinajstić information content (AvgIpc) is 3.20. The second-order valence-corrected chi connectivity index (χ2v) is 14.9. The van der Waals surface area contributed by atoms with Crippen molar-refractivity contribution < 1.29 is 63.2 Å². The summed E-state index contributed by atoms with van der Waals surface area (Å²) in [6, 6.07) is 0. The molecule has 0 bridgehead atoms. The summed E-state index contributed by atoms with van der Waals surface area (Å²) in [6.45, 7) is 5.42. The predicted octanol–water partition coefficient (Wildman–Crippen LogP) is 5.28. The molecule has 0 aromatic carbocycles. The molecule has 244 valence electrons. The molecule has 4 aliphatic carbocycles. The SMILES string of the molecule is CC(CCC(=O)OC(CS(=O)(=O)O)(C(F)(F)F)C(F)(F)F)C1CCC2C3C(=O)CC4CC(=O)CCC4(C)C3CC(=O)C12C. The first kappa shape index (κ1) is 33.9. The molecule has 0 aliphatic heterocycles. The summed E-state index contributed by atoms with van der Waals surface area (Å²) < 4.78 is 116. The summed E-state index contributed by atoms with van der Waals surface area (Å²) >= 11 is 0. The molecule has 0 heterocycles. The van der Waals surface area contributed by atoms with Gasteiger partial charge in [-0.3, -0.25) is 23.7 Å². The van der Waals surface area contributed by atoms with Crippen molar-refractivity contribution in [3.63, 3.8) is 0 Å². The summed E-state index contributed by atoms with van der Waals surface area (Å²) in [7, 11) is -5.89. The van der Waals surface area contributed by atoms with Gasteiger partial charge >= 0.3 is 23.9 Å². The lowest BCUT2D eigenvalue weighted by atomic mass is 9.44. The van der Waals surface area contributed by atoms with Crippen LogP contribution in [0, 0.1) is 46.3 Å². The highest BCUT2D eigenvalue weighted by Gasteiger charge is 2.76. The van der Waals surface area contributed by atoms with E-state index in [9.17, 15) is 53.9 Å². The Bertz CT molecular complexity index is 1280. The van der Waals surface area contributed by atoms with Crippen molar-refractivity contribution in [2.75, 3.05) is 5.75 Å². The van der Waals surface area contributed by atoms with Crippen LogP contribution < -0.4 is 0 Å². The van der Waals surface area contributed by atoms with E-state index in [-0.39, 0.29) is 59.8 Å². The van der Waals surface area contributed by atoms with E-state index in [2.05, 4.69) is 11.7 Å². The highest BCUT2D eigenvalue weighted by atomic mass is 32.2. The Kier molecular flexibility index (Phi) is 8.50. The van der Waals surface area contributed by atoms with Gasteiger partial charge in [-0.2, -0.15) is 34.8 Å². The molecular formula is C28H36F6O8S. The minimum Gasteiger partial charge on any atom is -0.438 e. The third-order valence-electron chi connectivity index (χ3n) is 11.3. The molecule has 0 aromatic rings. The van der Waals surface area contributed by atoms with Crippen molar-refractivity contribution in [1.82, 2.24) is 0 Å². The molecule has 4 fully saturated rings. The fourth-order valence-corrected chi connectivity index (χ4v) is 9.81. The standard InChI is InChI=1S/C28H36F6O8S/c1-14(4-7-22(38)42-26(27(29,30)31,28(32,33)34)13-43(39,40)41)17-5-6-18-23-19(12-21(37)25(17,18)3)24(2)9-8-16(35)10-15(24)11-20(23)36/h14-15,17-19,23H,4-13H2,1-3H3,(H,39,40,41). The Morgan fingerprint density at radius 1 is 1.00 bits per heavy atom. The quantitative estimate of drug-likeness (QED) is 0.225. The van der Waals surface area contributed by atoms with Gasteiger partial charge in [0.1, 0.15) is 23.1 Å². The number of rotatable bonds is 7. The van der Waals surface area contributed by atoms with E-state index >= 15 is 0 Å². The number of fused-ring (bicyclic) bond motifs is 5. The number of ketones is 3. The smallest absolute Gasteiger partial charge is 0.438 e. The molecule has 0 spiro atoms. The van der Waals surface area contributed by atoms with Crippen molar-refractivity contribution in [3.05, 3.63) is 0 Å². The lowest BCUT2D eigenvalue weighted by Crippen LogP contribution is -2.63. The number of carbonyl (C=O) groups is 4. The van der Waals surface area contributed by atoms with Gasteiger partial charge in [-0.05, 0) is 60.7 Å². The Hall–Kier alpha value is -2.03. The zero-order valence-corrected chi connectivity index (χ0v) is 24.8. The molecule has 15 heteroatoms. The first-order chi connectivity index (χ1) is 19.5. The molecular weight excluding hydrogens is 610 g/mol. The van der Waals surface area contributed by atoms with Crippen LogP contribution in [0.2, 0.25) is 0 Å². The van der Waals surface area contributed by atoms with Gasteiger partial charge in [0.05, 0.1) is 0 Å². The average molecular weight is 647 g/mol. The molecule has 8 nitrogen and oxygen atoms in total. The van der Waals surface area contributed by atoms with Crippen molar-refractivity contribution in [3.8, 4) is 0 Å². The van der Waals surface area contributed by atoms with E-state index < -0.39 is 69.4 Å². The lowest BCUT2D eigenvalue weighted by Gasteiger charge is -2.58. The summed E-state index contributed by atoms with van der Waals surface area (Å²) in [4.78, 5) is 51.8. The molecule has 4 aliphatic rings. The van der Waals surface area contributed by atoms with E-state index in [0.29, 0.717) is 32.1 Å². The van der Waals surface area contributed by atoms with Gasteiger partial charge in [-0.1, -0.05) is 20.8 Å². The van der Waals surface area contributed by atoms with Crippen LogP contribution in [0.25, 0.3) is 0 Å². The second kappa shape index (κ2) is 10.8. The monoisotopic (exact) mass is 646 g/mol. The summed E-state index contributed by atoms with van der Waals surface area (Å²) in [5, 5.41) is 0. The van der Waals surface area contributed by atoms with Gasteiger partial charge in [0.15, 0.2) is 0 Å². The lowest BCUT2D eigenvalue weighted by molar-refractivity contribution is -0.361. The number of alkyl halides is 6. The predicted molar refractivity (Wildman–Crippen MR) is 137 cm³/mol. The molecule has 43 heavy (non-hydrogen) atoms. The summed E-state index contributed by atoms with van der Waals surface area (Å²) in [6.07, 6.45) is -11.4. The maximum atomic E-state index is 13.8. The Morgan fingerprint density at radius 3 is 2.16 bits per heavy atom. The van der Waals surface area contributed by atoms with Gasteiger partial charge in [-0.25, -0.2) is 0 Å². The topological polar surface area (TPSA) is 132 Å². The number of ether oxygens (including phenoxy) is 1. The van der Waals surface area contributed by atoms with Crippen LogP contribution in [0.4, 0.5) is 26.3 Å². The van der Waals surface area contributed by atoms with Crippen molar-refractivity contribution in [2.24, 2.45) is 46.3 Å². The fourth-order valence-electron chi connectivity index (χ4n) is 8.91. The summed E-state index contributed by atoms with van der Waals surface area (Å²) in [5.41, 5.74) is -6.81. The van der Waals surface area contributed by atoms with Crippen LogP contribution in [0.3, 0.4) is 0 Å². The van der Waals surface area contributed by atoms with Crippen LogP contribution >= 0.6 is 0 Å². The number of Topliss-reactive ketones (excluding diaryl/α,β-unsaturated/α-hetero) is 3. The van der Waals surface area contributed by atoms with Crippen LogP contribution in [0.1, 0.15) is 78.6 Å². The number of halogens is 6. The minimum atomic E-state index is -6.41. The van der Waals surface area contributed by atoms with Crippen LogP contribution in [-0.4, -0.2) is 60.0 Å². The van der Waals surface area contributed by atoms with E-state index in [1.807, 2.05) is 0 Å². The molecule has 0 radical (unpaired) electrons. The Balaban J connectivity index is 1.51. The third-order valence-corrected chi connectivity index (χ3v) is 12.1. The first-order valence-corrected chi connectivity index (χ1v) is 16.0. The fraction of sp³-hybridized carbons (Fsp3) is 0.857. The van der Waals surface area contributed by atoms with Gasteiger partial charge in [-0.15, -0.1) is 0 Å². The van der Waals surface area contributed by atoms with E-state index in [4.69, 9.17) is 4.55 Å². The number of hydrogen-bond acceptors (Lipinski definition) is 7. The minimum absolute atomic E-state index is 0.0113. The second-order valence-electron chi connectivity index (χ2n) is 13.5. The number of esters is 1. The van der Waals surface area contributed by atoms with Crippen LogP contribution in [-0.2, 0) is 34.0 Å². The van der Waals surface area contributed by atoms with Gasteiger partial charge < -0.3 is 4.74 Å². The number of carbonyl (C=O) groups excluding carboxylic acids is 4. The summed E-state index contributed by atoms with van der Waals surface area (Å²) in [5.74, 6) is -6.91. The van der Waals surface area contributed by atoms with Crippen molar-refractivity contribution >= 4 is 33.4 Å². The molecule has 1 N–H and O–H groups in total. The van der Waals surface area contributed by atoms with Gasteiger partial charge in [0, 0.05) is 43.4 Å². The molecule has 4 saturated carbocycles. The highest BCUT2D eigenvalue weighted by Crippen LogP contribution is 2.66. The van der Waals surface area contributed by atoms with Crippen LogP contribution in [0.5, 0.6) is 0 Å².